The van der Waals surface area contributed by atoms with Gasteiger partial charge in [0.2, 0.25) is 0 Å². The summed E-state index contributed by atoms with van der Waals surface area (Å²) in [6, 6.07) is 14.2. The molecular formula is C24H24O4. The van der Waals surface area contributed by atoms with Crippen molar-refractivity contribution in [1.29, 1.82) is 0 Å². The van der Waals surface area contributed by atoms with Crippen molar-refractivity contribution in [1.82, 2.24) is 0 Å². The van der Waals surface area contributed by atoms with Crippen molar-refractivity contribution in [3.05, 3.63) is 83.9 Å². The summed E-state index contributed by atoms with van der Waals surface area (Å²) < 4.78 is 11.2. The van der Waals surface area contributed by atoms with Crippen LogP contribution in [0, 0.1) is 5.92 Å². The smallest absolute Gasteiger partial charge is 0.338 e. The normalized spacial score (nSPS) is 18.3. The summed E-state index contributed by atoms with van der Waals surface area (Å²) in [7, 11) is 0. The topological polar surface area (TPSA) is 52.6 Å². The first-order valence-electron chi connectivity index (χ1n) is 9.44. The summed E-state index contributed by atoms with van der Waals surface area (Å²) >= 11 is 0. The first kappa shape index (κ1) is 19.6. The lowest BCUT2D eigenvalue weighted by Gasteiger charge is -2.20. The third-order valence-corrected chi connectivity index (χ3v) is 5.04. The Morgan fingerprint density at radius 3 is 1.93 bits per heavy atom. The predicted octanol–water partition coefficient (Wildman–Crippen LogP) is 5.16. The Bertz CT molecular complexity index is 849. The van der Waals surface area contributed by atoms with E-state index in [4.69, 9.17) is 9.47 Å². The number of hydrogen-bond acceptors (Lipinski definition) is 4. The van der Waals surface area contributed by atoms with Crippen molar-refractivity contribution < 1.29 is 19.1 Å². The number of ether oxygens (including phenoxy) is 2. The monoisotopic (exact) mass is 376 g/mol. The van der Waals surface area contributed by atoms with Gasteiger partial charge in [-0.2, -0.15) is 0 Å². The molecule has 1 saturated carbocycles. The van der Waals surface area contributed by atoms with Gasteiger partial charge in [-0.1, -0.05) is 49.6 Å². The van der Waals surface area contributed by atoms with Crippen LogP contribution in [0.3, 0.4) is 0 Å². The minimum Gasteiger partial charge on any atom is -0.462 e. The van der Waals surface area contributed by atoms with E-state index in [2.05, 4.69) is 13.2 Å². The lowest BCUT2D eigenvalue weighted by Crippen LogP contribution is -2.26. The van der Waals surface area contributed by atoms with Gasteiger partial charge < -0.3 is 9.47 Å². The highest BCUT2D eigenvalue weighted by molar-refractivity contribution is 5.90. The molecule has 144 valence electrons. The third kappa shape index (κ3) is 4.77. The van der Waals surface area contributed by atoms with Gasteiger partial charge in [0.1, 0.15) is 6.10 Å². The highest BCUT2D eigenvalue weighted by Crippen LogP contribution is 2.29. The molecule has 4 nitrogen and oxygen atoms in total. The number of rotatable bonds is 7. The van der Waals surface area contributed by atoms with E-state index in [1.54, 1.807) is 36.4 Å². The molecule has 0 heterocycles. The maximum absolute atomic E-state index is 12.4. The molecule has 0 aromatic heterocycles. The van der Waals surface area contributed by atoms with Crippen LogP contribution in [-0.2, 0) is 9.47 Å². The zero-order valence-corrected chi connectivity index (χ0v) is 15.8. The zero-order valence-electron chi connectivity index (χ0n) is 15.8. The minimum absolute atomic E-state index is 0.0211. The average molecular weight is 376 g/mol. The first-order chi connectivity index (χ1) is 13.6. The molecule has 1 fully saturated rings. The Morgan fingerprint density at radius 1 is 0.857 bits per heavy atom. The lowest BCUT2D eigenvalue weighted by molar-refractivity contribution is 0.00489. The van der Waals surface area contributed by atoms with E-state index in [1.165, 1.54) is 0 Å². The number of esters is 2. The van der Waals surface area contributed by atoms with Crippen molar-refractivity contribution in [2.45, 2.75) is 25.4 Å². The molecule has 4 heteroatoms. The lowest BCUT2D eigenvalue weighted by atomic mass is 10.1. The van der Waals surface area contributed by atoms with Crippen LogP contribution in [0.1, 0.15) is 51.1 Å². The summed E-state index contributed by atoms with van der Waals surface area (Å²) in [5, 5.41) is 0. The van der Waals surface area contributed by atoms with Gasteiger partial charge in [0.05, 0.1) is 17.7 Å². The fourth-order valence-electron chi connectivity index (χ4n) is 3.33. The van der Waals surface area contributed by atoms with Crippen molar-refractivity contribution in [2.75, 3.05) is 6.61 Å². The van der Waals surface area contributed by atoms with Crippen LogP contribution in [0.15, 0.2) is 61.7 Å². The molecule has 0 spiro atoms. The minimum atomic E-state index is -0.368. The van der Waals surface area contributed by atoms with E-state index in [-0.39, 0.29) is 30.6 Å². The van der Waals surface area contributed by atoms with Crippen molar-refractivity contribution >= 4 is 24.1 Å². The summed E-state index contributed by atoms with van der Waals surface area (Å²) in [6.07, 6.45) is 5.81. The fourth-order valence-corrected chi connectivity index (χ4v) is 3.33. The van der Waals surface area contributed by atoms with Crippen LogP contribution in [-0.4, -0.2) is 24.6 Å². The number of carbonyl (C=O) groups is 2. The highest BCUT2D eigenvalue weighted by Gasteiger charge is 2.32. The van der Waals surface area contributed by atoms with Gasteiger partial charge in [0, 0.05) is 5.92 Å². The standard InChI is InChI=1S/C24H24O4/c1-3-17-8-12-19(13-9-17)23(25)27-16-21-6-5-7-22(21)28-24(26)20-14-10-18(4-2)11-15-20/h3-4,8-15,21-22H,1-2,5-7,16H2/t21-,22+/m0/s1. The van der Waals surface area contributed by atoms with Gasteiger partial charge >= 0.3 is 11.9 Å². The maximum atomic E-state index is 12.4. The molecule has 1 aliphatic rings. The van der Waals surface area contributed by atoms with Gasteiger partial charge in [0.15, 0.2) is 0 Å². The average Bonchev–Trinajstić information content (AvgIpc) is 3.19. The predicted molar refractivity (Wildman–Crippen MR) is 110 cm³/mol. The zero-order chi connectivity index (χ0) is 19.9. The Labute approximate surface area is 165 Å². The van der Waals surface area contributed by atoms with Crippen molar-refractivity contribution in [2.24, 2.45) is 5.92 Å². The van der Waals surface area contributed by atoms with E-state index in [9.17, 15) is 9.59 Å². The van der Waals surface area contributed by atoms with Gasteiger partial charge in [0.25, 0.3) is 0 Å². The third-order valence-electron chi connectivity index (χ3n) is 5.04. The fraction of sp³-hybridized carbons (Fsp3) is 0.250. The van der Waals surface area contributed by atoms with Gasteiger partial charge in [-0.3, -0.25) is 0 Å². The molecule has 2 atom stereocenters. The van der Waals surface area contributed by atoms with Crippen LogP contribution in [0.4, 0.5) is 0 Å². The summed E-state index contributed by atoms with van der Waals surface area (Å²) in [5.41, 5.74) is 2.90. The number of benzene rings is 2. The number of hydrogen-bond donors (Lipinski definition) is 0. The molecular weight excluding hydrogens is 352 g/mol. The summed E-state index contributed by atoms with van der Waals surface area (Å²) in [5.74, 6) is -0.695. The Hall–Kier alpha value is -3.14. The molecule has 2 aromatic rings. The Balaban J connectivity index is 1.54. The molecule has 0 N–H and O–H groups in total. The molecule has 1 aliphatic carbocycles. The largest absolute Gasteiger partial charge is 0.462 e. The Kier molecular flexibility index (Phi) is 6.43. The van der Waals surface area contributed by atoms with Crippen LogP contribution in [0.5, 0.6) is 0 Å². The second kappa shape index (κ2) is 9.18. The van der Waals surface area contributed by atoms with Gasteiger partial charge in [-0.15, -0.1) is 0 Å². The van der Waals surface area contributed by atoms with E-state index >= 15 is 0 Å². The molecule has 28 heavy (non-hydrogen) atoms. The van der Waals surface area contributed by atoms with Crippen LogP contribution in [0.2, 0.25) is 0 Å². The van der Waals surface area contributed by atoms with Crippen molar-refractivity contribution in [3.63, 3.8) is 0 Å². The molecule has 0 radical (unpaired) electrons. The molecule has 0 amide bonds. The molecule has 3 rings (SSSR count). The van der Waals surface area contributed by atoms with Crippen LogP contribution in [0.25, 0.3) is 12.2 Å². The van der Waals surface area contributed by atoms with E-state index in [0.29, 0.717) is 11.1 Å². The van der Waals surface area contributed by atoms with E-state index in [0.717, 1.165) is 30.4 Å². The summed E-state index contributed by atoms with van der Waals surface area (Å²) in [6.45, 7) is 7.64. The van der Waals surface area contributed by atoms with Gasteiger partial charge in [-0.05, 0) is 54.7 Å². The molecule has 0 saturated heterocycles. The Morgan fingerprint density at radius 2 is 1.39 bits per heavy atom. The van der Waals surface area contributed by atoms with E-state index in [1.807, 2.05) is 24.3 Å². The summed E-state index contributed by atoms with van der Waals surface area (Å²) in [4.78, 5) is 24.6. The van der Waals surface area contributed by atoms with Gasteiger partial charge in [-0.25, -0.2) is 9.59 Å². The van der Waals surface area contributed by atoms with Crippen molar-refractivity contribution in [3.8, 4) is 0 Å². The second-order valence-corrected chi connectivity index (χ2v) is 6.89. The number of carbonyl (C=O) groups excluding carboxylic acids is 2. The first-order valence-corrected chi connectivity index (χ1v) is 9.44. The quantitative estimate of drug-likeness (QED) is 0.627. The van der Waals surface area contributed by atoms with E-state index < -0.39 is 0 Å². The SMILES string of the molecule is C=Cc1ccc(C(=O)OC[C@@H]2CCC[C@H]2OC(=O)c2ccc(C=C)cc2)cc1. The van der Waals surface area contributed by atoms with Crippen LogP contribution >= 0.6 is 0 Å². The molecule has 2 aromatic carbocycles. The molecule has 0 unspecified atom stereocenters. The second-order valence-electron chi connectivity index (χ2n) is 6.89. The molecule has 0 bridgehead atoms. The van der Waals surface area contributed by atoms with Crippen LogP contribution < -0.4 is 0 Å². The maximum Gasteiger partial charge on any atom is 0.338 e. The highest BCUT2D eigenvalue weighted by atomic mass is 16.6. The molecule has 0 aliphatic heterocycles.